The first kappa shape index (κ1) is 11.8. The lowest BCUT2D eigenvalue weighted by atomic mass is 10.2. The Morgan fingerprint density at radius 3 is 2.62 bits per heavy atom. The molecule has 5 heteroatoms. The third-order valence-electron chi connectivity index (χ3n) is 3.31. The molecule has 2 rings (SSSR count). The van der Waals surface area contributed by atoms with Crippen molar-refractivity contribution < 1.29 is 14.6 Å². The number of aliphatic hydroxyl groups is 1. The zero-order valence-corrected chi connectivity index (χ0v) is 9.60. The van der Waals surface area contributed by atoms with Crippen LogP contribution in [0.2, 0.25) is 0 Å². The number of ether oxygens (including phenoxy) is 1. The van der Waals surface area contributed by atoms with Crippen LogP contribution in [0.1, 0.15) is 12.8 Å². The number of nitrogens with zero attached hydrogens (tertiary/aromatic N) is 2. The smallest absolute Gasteiger partial charge is 0.251 e. The fourth-order valence-corrected chi connectivity index (χ4v) is 2.31. The predicted octanol–water partition coefficient (Wildman–Crippen LogP) is -0.698. The molecule has 0 spiro atoms. The van der Waals surface area contributed by atoms with Gasteiger partial charge in [0, 0.05) is 39.3 Å². The van der Waals surface area contributed by atoms with Crippen molar-refractivity contribution in [2.75, 3.05) is 45.9 Å². The molecule has 0 aromatic heterocycles. The summed E-state index contributed by atoms with van der Waals surface area (Å²) in [5.74, 6) is 0.154. The van der Waals surface area contributed by atoms with Crippen LogP contribution in [0.3, 0.4) is 0 Å². The van der Waals surface area contributed by atoms with Gasteiger partial charge in [0.2, 0.25) is 0 Å². The van der Waals surface area contributed by atoms with E-state index in [-0.39, 0.29) is 18.6 Å². The molecule has 0 bridgehead atoms. The summed E-state index contributed by atoms with van der Waals surface area (Å²) in [5, 5.41) is 8.82. The molecule has 2 aliphatic rings. The van der Waals surface area contributed by atoms with Crippen molar-refractivity contribution in [2.45, 2.75) is 18.9 Å². The fourth-order valence-electron chi connectivity index (χ4n) is 2.31. The zero-order chi connectivity index (χ0) is 11.4. The standard InChI is InChI=1S/C11H20N2O3/c14-8-7-12-3-5-13(6-4-12)11(15)10-2-1-9-16-10/h10,14H,1-9H2/t10-/m0/s1. The van der Waals surface area contributed by atoms with Gasteiger partial charge in [0.15, 0.2) is 0 Å². The normalized spacial score (nSPS) is 27.3. The summed E-state index contributed by atoms with van der Waals surface area (Å²) in [7, 11) is 0. The maximum absolute atomic E-state index is 12.0. The number of carbonyl (C=O) groups excluding carboxylic acids is 1. The number of piperazine rings is 1. The second-order valence-corrected chi connectivity index (χ2v) is 4.39. The minimum absolute atomic E-state index is 0.154. The van der Waals surface area contributed by atoms with E-state index in [0.717, 1.165) is 45.6 Å². The Morgan fingerprint density at radius 1 is 1.31 bits per heavy atom. The molecule has 1 amide bonds. The topological polar surface area (TPSA) is 53.0 Å². The molecule has 16 heavy (non-hydrogen) atoms. The van der Waals surface area contributed by atoms with Crippen LogP contribution in [0.15, 0.2) is 0 Å². The van der Waals surface area contributed by atoms with Gasteiger partial charge in [-0.25, -0.2) is 0 Å². The number of β-amino-alcohol motifs (C(OH)–C–C–N with tert-alkyl or cyclic N) is 1. The molecule has 1 N–H and O–H groups in total. The molecule has 2 aliphatic heterocycles. The SMILES string of the molecule is O=C([C@@H]1CCCO1)N1CCN(CCO)CC1. The molecule has 0 aromatic rings. The van der Waals surface area contributed by atoms with Gasteiger partial charge in [-0.3, -0.25) is 9.69 Å². The molecule has 1 atom stereocenters. The Morgan fingerprint density at radius 2 is 2.06 bits per heavy atom. The molecule has 0 saturated carbocycles. The second kappa shape index (κ2) is 5.61. The van der Waals surface area contributed by atoms with Crippen molar-refractivity contribution in [3.8, 4) is 0 Å². The first-order valence-corrected chi connectivity index (χ1v) is 6.05. The molecule has 2 fully saturated rings. The summed E-state index contributed by atoms with van der Waals surface area (Å²) < 4.78 is 5.40. The van der Waals surface area contributed by atoms with Gasteiger partial charge in [0.05, 0.1) is 6.61 Å². The number of hydrogen-bond donors (Lipinski definition) is 1. The van der Waals surface area contributed by atoms with Crippen molar-refractivity contribution in [2.24, 2.45) is 0 Å². The number of carbonyl (C=O) groups is 1. The summed E-state index contributed by atoms with van der Waals surface area (Å²) in [6.07, 6.45) is 1.68. The highest BCUT2D eigenvalue weighted by Gasteiger charge is 2.29. The van der Waals surface area contributed by atoms with Gasteiger partial charge in [0.25, 0.3) is 5.91 Å². The van der Waals surface area contributed by atoms with Crippen molar-refractivity contribution in [1.29, 1.82) is 0 Å². The van der Waals surface area contributed by atoms with Crippen molar-refractivity contribution >= 4 is 5.91 Å². The minimum atomic E-state index is -0.190. The van der Waals surface area contributed by atoms with Gasteiger partial charge in [0.1, 0.15) is 6.10 Å². The summed E-state index contributed by atoms with van der Waals surface area (Å²) in [5.41, 5.74) is 0. The Labute approximate surface area is 96.0 Å². The number of hydrogen-bond acceptors (Lipinski definition) is 4. The van der Waals surface area contributed by atoms with Crippen LogP contribution in [0, 0.1) is 0 Å². The predicted molar refractivity (Wildman–Crippen MR) is 59.1 cm³/mol. The number of aliphatic hydroxyl groups excluding tert-OH is 1. The lowest BCUT2D eigenvalue weighted by Crippen LogP contribution is -2.51. The number of rotatable bonds is 3. The first-order chi connectivity index (χ1) is 7.81. The van der Waals surface area contributed by atoms with E-state index in [0.29, 0.717) is 6.54 Å². The quantitative estimate of drug-likeness (QED) is 0.694. The van der Waals surface area contributed by atoms with E-state index in [1.54, 1.807) is 0 Å². The van der Waals surface area contributed by atoms with E-state index < -0.39 is 0 Å². The molecule has 0 unspecified atom stereocenters. The highest BCUT2D eigenvalue weighted by Crippen LogP contribution is 2.15. The van der Waals surface area contributed by atoms with Gasteiger partial charge in [-0.1, -0.05) is 0 Å². The monoisotopic (exact) mass is 228 g/mol. The van der Waals surface area contributed by atoms with Gasteiger partial charge < -0.3 is 14.7 Å². The van der Waals surface area contributed by atoms with Gasteiger partial charge in [-0.15, -0.1) is 0 Å². The maximum Gasteiger partial charge on any atom is 0.251 e. The summed E-state index contributed by atoms with van der Waals surface area (Å²) in [6, 6.07) is 0. The van der Waals surface area contributed by atoms with E-state index >= 15 is 0 Å². The largest absolute Gasteiger partial charge is 0.395 e. The van der Waals surface area contributed by atoms with E-state index in [9.17, 15) is 4.79 Å². The third kappa shape index (κ3) is 2.72. The molecule has 0 radical (unpaired) electrons. The van der Waals surface area contributed by atoms with Crippen molar-refractivity contribution in [3.05, 3.63) is 0 Å². The highest BCUT2D eigenvalue weighted by molar-refractivity contribution is 5.81. The average molecular weight is 228 g/mol. The Bertz CT molecular complexity index is 233. The Hall–Kier alpha value is -0.650. The molecule has 5 nitrogen and oxygen atoms in total. The molecule has 0 aromatic carbocycles. The van der Waals surface area contributed by atoms with Crippen molar-refractivity contribution in [1.82, 2.24) is 9.80 Å². The van der Waals surface area contributed by atoms with Gasteiger partial charge >= 0.3 is 0 Å². The molecule has 92 valence electrons. The van der Waals surface area contributed by atoms with Crippen LogP contribution in [0.4, 0.5) is 0 Å². The van der Waals surface area contributed by atoms with Crippen LogP contribution >= 0.6 is 0 Å². The van der Waals surface area contributed by atoms with Crippen molar-refractivity contribution in [3.63, 3.8) is 0 Å². The molecular weight excluding hydrogens is 208 g/mol. The van der Waals surface area contributed by atoms with Crippen LogP contribution in [0.5, 0.6) is 0 Å². The van der Waals surface area contributed by atoms with Gasteiger partial charge in [-0.2, -0.15) is 0 Å². The van der Waals surface area contributed by atoms with Crippen LogP contribution < -0.4 is 0 Å². The highest BCUT2D eigenvalue weighted by atomic mass is 16.5. The molecule has 0 aliphatic carbocycles. The summed E-state index contributed by atoms with van der Waals surface area (Å²) >= 11 is 0. The van der Waals surface area contributed by atoms with E-state index in [4.69, 9.17) is 9.84 Å². The van der Waals surface area contributed by atoms with Gasteiger partial charge in [-0.05, 0) is 12.8 Å². The number of amides is 1. The van der Waals surface area contributed by atoms with E-state index in [1.807, 2.05) is 4.90 Å². The minimum Gasteiger partial charge on any atom is -0.395 e. The molecule has 2 heterocycles. The first-order valence-electron chi connectivity index (χ1n) is 6.05. The zero-order valence-electron chi connectivity index (χ0n) is 9.60. The Kier molecular flexibility index (Phi) is 4.15. The summed E-state index contributed by atoms with van der Waals surface area (Å²) in [4.78, 5) is 16.1. The van der Waals surface area contributed by atoms with E-state index in [1.165, 1.54) is 0 Å². The van der Waals surface area contributed by atoms with Crippen LogP contribution in [-0.2, 0) is 9.53 Å². The maximum atomic E-state index is 12.0. The fraction of sp³-hybridized carbons (Fsp3) is 0.909. The van der Waals surface area contributed by atoms with Crippen LogP contribution in [0.25, 0.3) is 0 Å². The molecule has 2 saturated heterocycles. The van der Waals surface area contributed by atoms with E-state index in [2.05, 4.69) is 4.90 Å². The average Bonchev–Trinajstić information content (AvgIpc) is 2.83. The lowest BCUT2D eigenvalue weighted by Gasteiger charge is -2.35. The second-order valence-electron chi connectivity index (χ2n) is 4.39. The Balaban J connectivity index is 1.77. The molecular formula is C11H20N2O3. The summed E-state index contributed by atoms with van der Waals surface area (Å²) in [6.45, 7) is 4.87. The van der Waals surface area contributed by atoms with Crippen LogP contribution in [-0.4, -0.2) is 72.9 Å². The third-order valence-corrected chi connectivity index (χ3v) is 3.31. The lowest BCUT2D eigenvalue weighted by molar-refractivity contribution is -0.142.